The van der Waals surface area contributed by atoms with Gasteiger partial charge in [0.2, 0.25) is 5.78 Å². The molecule has 1 aromatic carbocycles. The van der Waals surface area contributed by atoms with E-state index in [0.29, 0.717) is 37.3 Å². The Morgan fingerprint density at radius 3 is 2.72 bits per heavy atom. The molecule has 32 heavy (non-hydrogen) atoms. The van der Waals surface area contributed by atoms with E-state index in [2.05, 4.69) is 31.2 Å². The second kappa shape index (κ2) is 10.2. The fraction of sp³-hybridized carbons (Fsp3) is 0.286. The minimum atomic E-state index is -0.435. The lowest BCUT2D eigenvalue weighted by Crippen LogP contribution is -2.44. The first-order valence-corrected chi connectivity index (χ1v) is 10.4. The topological polar surface area (TPSA) is 134 Å². The van der Waals surface area contributed by atoms with Crippen molar-refractivity contribution >= 4 is 45.0 Å². The zero-order chi connectivity index (χ0) is 23.3. The number of hydrogen-bond donors (Lipinski definition) is 2. The minimum Gasteiger partial charge on any atom is -0.494 e. The van der Waals surface area contributed by atoms with Crippen molar-refractivity contribution < 1.29 is 18.7 Å². The summed E-state index contributed by atoms with van der Waals surface area (Å²) in [4.78, 5) is 34.8. The summed E-state index contributed by atoms with van der Waals surface area (Å²) in [6.45, 7) is 0.719. The standard InChI is InChI=1S/C21H20BrFN6O3/c1-32-18-9-14(11-26-17(18)10-24)28-21(31)29-6-4-12(5-7-29)19(30)20(25)27-13-2-3-16(23)15(22)8-13/h2-3,8-9,11-12H,4-7H2,1H3,(H2,25,27)(H,28,31). The number of methoxy groups -OCH3 is 1. The van der Waals surface area contributed by atoms with Crippen molar-refractivity contribution in [2.75, 3.05) is 25.5 Å². The largest absolute Gasteiger partial charge is 0.494 e. The monoisotopic (exact) mass is 502 g/mol. The summed E-state index contributed by atoms with van der Waals surface area (Å²) in [5.41, 5.74) is 6.76. The third-order valence-electron chi connectivity index (χ3n) is 4.99. The zero-order valence-corrected chi connectivity index (χ0v) is 18.7. The highest BCUT2D eigenvalue weighted by Gasteiger charge is 2.29. The molecule has 11 heteroatoms. The van der Waals surface area contributed by atoms with Gasteiger partial charge in [-0.1, -0.05) is 0 Å². The lowest BCUT2D eigenvalue weighted by Gasteiger charge is -2.31. The van der Waals surface area contributed by atoms with Crippen LogP contribution in [-0.4, -0.2) is 47.7 Å². The van der Waals surface area contributed by atoms with Crippen LogP contribution in [0.1, 0.15) is 18.5 Å². The van der Waals surface area contributed by atoms with E-state index in [1.807, 2.05) is 6.07 Å². The SMILES string of the molecule is COc1cc(NC(=O)N2CCC(C(=O)C(N)=Nc3ccc(F)c(Br)c3)CC2)cnc1C#N. The number of amidine groups is 1. The number of halogens is 2. The second-order valence-electron chi connectivity index (χ2n) is 7.04. The summed E-state index contributed by atoms with van der Waals surface area (Å²) in [7, 11) is 1.41. The van der Waals surface area contributed by atoms with Gasteiger partial charge in [0.25, 0.3) is 0 Å². The maximum atomic E-state index is 13.3. The van der Waals surface area contributed by atoms with Gasteiger partial charge in [-0.05, 0) is 47.0 Å². The number of nitrogens with two attached hydrogens (primary N) is 1. The van der Waals surface area contributed by atoms with Crippen molar-refractivity contribution in [3.05, 3.63) is 46.4 Å². The van der Waals surface area contributed by atoms with Crippen molar-refractivity contribution in [2.45, 2.75) is 12.8 Å². The predicted molar refractivity (Wildman–Crippen MR) is 119 cm³/mol. The molecule has 1 fully saturated rings. The molecule has 1 saturated heterocycles. The van der Waals surface area contributed by atoms with Gasteiger partial charge < -0.3 is 20.7 Å². The molecule has 1 aliphatic heterocycles. The summed E-state index contributed by atoms with van der Waals surface area (Å²) >= 11 is 3.07. The number of rotatable bonds is 5. The maximum Gasteiger partial charge on any atom is 0.321 e. The molecular weight excluding hydrogens is 483 g/mol. The second-order valence-corrected chi connectivity index (χ2v) is 7.89. The van der Waals surface area contributed by atoms with Crippen LogP contribution in [0.15, 0.2) is 39.9 Å². The molecule has 1 aliphatic rings. The summed E-state index contributed by atoms with van der Waals surface area (Å²) < 4.78 is 18.7. The minimum absolute atomic E-state index is 0.122. The van der Waals surface area contributed by atoms with Crippen molar-refractivity contribution in [1.82, 2.24) is 9.88 Å². The number of urea groups is 1. The van der Waals surface area contributed by atoms with E-state index in [1.165, 1.54) is 37.6 Å². The number of piperidine rings is 1. The van der Waals surface area contributed by atoms with Crippen LogP contribution in [0.2, 0.25) is 0 Å². The molecule has 0 atom stereocenters. The molecule has 0 bridgehead atoms. The van der Waals surface area contributed by atoms with Gasteiger partial charge in [-0.25, -0.2) is 19.2 Å². The molecule has 0 unspecified atom stereocenters. The summed E-state index contributed by atoms with van der Waals surface area (Å²) in [6.07, 6.45) is 2.25. The Balaban J connectivity index is 1.57. The van der Waals surface area contributed by atoms with Crippen LogP contribution in [0.4, 0.5) is 20.6 Å². The first kappa shape index (κ1) is 23.1. The molecule has 166 valence electrons. The predicted octanol–water partition coefficient (Wildman–Crippen LogP) is 3.37. The number of amides is 2. The number of benzene rings is 1. The normalized spacial score (nSPS) is 14.6. The smallest absolute Gasteiger partial charge is 0.321 e. The molecule has 9 nitrogen and oxygen atoms in total. The van der Waals surface area contributed by atoms with Crippen molar-refractivity contribution in [1.29, 1.82) is 5.26 Å². The van der Waals surface area contributed by atoms with Gasteiger partial charge in [-0.2, -0.15) is 5.26 Å². The number of carbonyl (C=O) groups excluding carboxylic acids is 2. The number of carbonyl (C=O) groups is 2. The molecule has 3 N–H and O–H groups in total. The molecule has 0 saturated carbocycles. The molecule has 2 amide bonds. The van der Waals surface area contributed by atoms with Gasteiger partial charge >= 0.3 is 6.03 Å². The lowest BCUT2D eigenvalue weighted by atomic mass is 9.92. The van der Waals surface area contributed by atoms with Gasteiger partial charge in [-0.3, -0.25) is 4.79 Å². The number of pyridine rings is 1. The van der Waals surface area contributed by atoms with Crippen LogP contribution in [0.3, 0.4) is 0 Å². The van der Waals surface area contributed by atoms with Crippen LogP contribution in [0.5, 0.6) is 5.75 Å². The molecule has 0 aliphatic carbocycles. The number of hydrogen-bond acceptors (Lipinski definition) is 6. The van der Waals surface area contributed by atoms with E-state index in [4.69, 9.17) is 15.7 Å². The number of nitriles is 1. The number of Topliss-reactive ketones (excluding diaryl/α,β-unsaturated/α-hetero) is 1. The first-order valence-electron chi connectivity index (χ1n) is 9.66. The summed E-state index contributed by atoms with van der Waals surface area (Å²) in [5, 5.41) is 11.7. The van der Waals surface area contributed by atoms with Crippen LogP contribution in [-0.2, 0) is 4.79 Å². The Hall–Kier alpha value is -3.52. The van der Waals surface area contributed by atoms with Crippen molar-refractivity contribution in [3.63, 3.8) is 0 Å². The zero-order valence-electron chi connectivity index (χ0n) is 17.1. The maximum absolute atomic E-state index is 13.3. The Morgan fingerprint density at radius 1 is 1.38 bits per heavy atom. The average Bonchev–Trinajstić information content (AvgIpc) is 2.80. The van der Waals surface area contributed by atoms with Gasteiger partial charge in [0.05, 0.1) is 29.2 Å². The summed E-state index contributed by atoms with van der Waals surface area (Å²) in [5.74, 6) is -0.982. The highest BCUT2D eigenvalue weighted by molar-refractivity contribution is 9.10. The number of ether oxygens (including phenoxy) is 1. The quantitative estimate of drug-likeness (QED) is 0.475. The summed E-state index contributed by atoms with van der Waals surface area (Å²) in [6, 6.07) is 7.18. The molecule has 0 spiro atoms. The Morgan fingerprint density at radius 2 is 2.09 bits per heavy atom. The highest BCUT2D eigenvalue weighted by Crippen LogP contribution is 2.24. The molecule has 2 aromatic rings. The van der Waals surface area contributed by atoms with E-state index in [1.54, 1.807) is 4.90 Å². The van der Waals surface area contributed by atoms with Crippen LogP contribution < -0.4 is 15.8 Å². The van der Waals surface area contributed by atoms with E-state index in [-0.39, 0.29) is 39.5 Å². The average molecular weight is 503 g/mol. The van der Waals surface area contributed by atoms with Gasteiger partial charge in [0.1, 0.15) is 11.9 Å². The number of aliphatic imine (C=N–C) groups is 1. The Kier molecular flexibility index (Phi) is 7.37. The third kappa shape index (κ3) is 5.39. The van der Waals surface area contributed by atoms with Crippen molar-refractivity contribution in [2.24, 2.45) is 16.6 Å². The highest BCUT2D eigenvalue weighted by atomic mass is 79.9. The number of likely N-dealkylation sites (tertiary alicyclic amines) is 1. The number of nitrogens with zero attached hydrogens (tertiary/aromatic N) is 4. The van der Waals surface area contributed by atoms with E-state index in [9.17, 15) is 14.0 Å². The van der Waals surface area contributed by atoms with Gasteiger partial charge in [-0.15, -0.1) is 0 Å². The van der Waals surface area contributed by atoms with Crippen LogP contribution in [0, 0.1) is 23.1 Å². The van der Waals surface area contributed by atoms with E-state index >= 15 is 0 Å². The number of ketones is 1. The fourth-order valence-corrected chi connectivity index (χ4v) is 3.62. The molecular formula is C21H20BrFN6O3. The third-order valence-corrected chi connectivity index (χ3v) is 5.60. The van der Waals surface area contributed by atoms with E-state index < -0.39 is 5.82 Å². The Bertz CT molecular complexity index is 1110. The van der Waals surface area contributed by atoms with Crippen LogP contribution in [0.25, 0.3) is 0 Å². The van der Waals surface area contributed by atoms with Gasteiger partial charge in [0, 0.05) is 25.1 Å². The number of aromatic nitrogens is 1. The fourth-order valence-electron chi connectivity index (χ4n) is 3.26. The molecule has 2 heterocycles. The first-order chi connectivity index (χ1) is 15.3. The molecule has 1 aromatic heterocycles. The van der Waals surface area contributed by atoms with E-state index in [0.717, 1.165) is 0 Å². The molecule has 0 radical (unpaired) electrons. The molecule has 3 rings (SSSR count). The number of nitrogens with one attached hydrogen (secondary N) is 1. The van der Waals surface area contributed by atoms with Crippen molar-refractivity contribution in [3.8, 4) is 11.8 Å². The lowest BCUT2D eigenvalue weighted by molar-refractivity contribution is -0.117. The van der Waals surface area contributed by atoms with Crippen LogP contribution >= 0.6 is 15.9 Å². The van der Waals surface area contributed by atoms with Gasteiger partial charge in [0.15, 0.2) is 17.3 Å². The Labute approximate surface area is 192 Å². The number of anilines is 1.